The van der Waals surface area contributed by atoms with Gasteiger partial charge in [0, 0.05) is 6.54 Å². The van der Waals surface area contributed by atoms with Gasteiger partial charge in [-0.1, -0.05) is 13.0 Å². The minimum atomic E-state index is -3.49. The zero-order chi connectivity index (χ0) is 15.9. The number of ether oxygens (including phenoxy) is 1. The van der Waals surface area contributed by atoms with Gasteiger partial charge in [-0.25, -0.2) is 8.42 Å². The second-order valence-electron chi connectivity index (χ2n) is 4.40. The van der Waals surface area contributed by atoms with Crippen LogP contribution in [0.5, 0.6) is 0 Å². The van der Waals surface area contributed by atoms with E-state index in [0.29, 0.717) is 12.1 Å². The van der Waals surface area contributed by atoms with E-state index in [2.05, 4.69) is 4.74 Å². The maximum absolute atomic E-state index is 12.2. The summed E-state index contributed by atoms with van der Waals surface area (Å²) in [5, 5.41) is 8.81. The fraction of sp³-hybridized carbons (Fsp3) is 0.429. The fourth-order valence-corrected chi connectivity index (χ4v) is 3.05. The lowest BCUT2D eigenvalue weighted by Crippen LogP contribution is -2.34. The summed E-state index contributed by atoms with van der Waals surface area (Å²) < 4.78 is 29.0. The molecule has 0 amide bonds. The van der Waals surface area contributed by atoms with E-state index < -0.39 is 15.8 Å². The minimum Gasteiger partial charge on any atom is -0.468 e. The maximum atomic E-state index is 12.2. The number of hydrogen-bond acceptors (Lipinski definition) is 6. The van der Waals surface area contributed by atoms with E-state index in [4.69, 9.17) is 5.26 Å². The van der Waals surface area contributed by atoms with E-state index in [0.717, 1.165) is 0 Å². The lowest BCUT2D eigenvalue weighted by Gasteiger charge is -2.18. The van der Waals surface area contributed by atoms with E-state index in [1.807, 2.05) is 13.0 Å². The van der Waals surface area contributed by atoms with Crippen LogP contribution in [0, 0.1) is 11.3 Å². The first-order valence-electron chi connectivity index (χ1n) is 6.45. The number of esters is 1. The Kier molecular flexibility index (Phi) is 6.34. The highest BCUT2D eigenvalue weighted by molar-refractivity contribution is 7.91. The molecule has 0 aliphatic heterocycles. The van der Waals surface area contributed by atoms with Gasteiger partial charge in [-0.2, -0.15) is 5.26 Å². The molecule has 0 aromatic heterocycles. The molecule has 7 heteroatoms. The van der Waals surface area contributed by atoms with Gasteiger partial charge in [0.1, 0.15) is 0 Å². The summed E-state index contributed by atoms with van der Waals surface area (Å²) >= 11 is 0. The van der Waals surface area contributed by atoms with Crippen molar-refractivity contribution in [3.8, 4) is 6.07 Å². The number of methoxy groups -OCH3 is 1. The first kappa shape index (κ1) is 17.1. The van der Waals surface area contributed by atoms with E-state index in [1.54, 1.807) is 11.0 Å². The van der Waals surface area contributed by atoms with Crippen LogP contribution < -0.4 is 0 Å². The molecule has 0 saturated carbocycles. The van der Waals surface area contributed by atoms with Crippen LogP contribution in [0.25, 0.3) is 0 Å². The van der Waals surface area contributed by atoms with Crippen LogP contribution in [0.15, 0.2) is 29.2 Å². The van der Waals surface area contributed by atoms with Gasteiger partial charge in [-0.15, -0.1) is 0 Å². The largest absolute Gasteiger partial charge is 0.468 e. The topological polar surface area (TPSA) is 87.5 Å². The molecule has 0 unspecified atom stereocenters. The third-order valence-corrected chi connectivity index (χ3v) is 4.72. The molecule has 0 spiro atoms. The Balaban J connectivity index is 2.76. The van der Waals surface area contributed by atoms with Crippen LogP contribution in [-0.2, 0) is 19.4 Å². The highest BCUT2D eigenvalue weighted by Gasteiger charge is 2.18. The molecule has 0 aliphatic carbocycles. The number of sulfone groups is 1. The highest BCUT2D eigenvalue weighted by atomic mass is 32.2. The quantitative estimate of drug-likeness (QED) is 0.693. The molecular weight excluding hydrogens is 292 g/mol. The third-order valence-electron chi connectivity index (χ3n) is 3.03. The second kappa shape index (κ2) is 7.76. The van der Waals surface area contributed by atoms with Gasteiger partial charge < -0.3 is 4.74 Å². The Hall–Kier alpha value is -1.91. The van der Waals surface area contributed by atoms with Gasteiger partial charge in [0.15, 0.2) is 9.84 Å². The third kappa shape index (κ3) is 5.17. The molecule has 0 heterocycles. The second-order valence-corrected chi connectivity index (χ2v) is 6.51. The lowest BCUT2D eigenvalue weighted by molar-refractivity contribution is -0.141. The van der Waals surface area contributed by atoms with Gasteiger partial charge >= 0.3 is 5.97 Å². The lowest BCUT2D eigenvalue weighted by atomic mass is 10.2. The van der Waals surface area contributed by atoms with Crippen molar-refractivity contribution in [1.82, 2.24) is 4.90 Å². The van der Waals surface area contributed by atoms with Crippen LogP contribution in [0.4, 0.5) is 0 Å². The van der Waals surface area contributed by atoms with Crippen molar-refractivity contribution < 1.29 is 17.9 Å². The van der Waals surface area contributed by atoms with E-state index in [9.17, 15) is 13.2 Å². The van der Waals surface area contributed by atoms with E-state index in [1.165, 1.54) is 25.3 Å². The summed E-state index contributed by atoms with van der Waals surface area (Å²) in [4.78, 5) is 13.0. The zero-order valence-electron chi connectivity index (χ0n) is 12.1. The van der Waals surface area contributed by atoms with Gasteiger partial charge in [-0.05, 0) is 24.7 Å². The van der Waals surface area contributed by atoms with Crippen molar-refractivity contribution in [2.24, 2.45) is 0 Å². The van der Waals surface area contributed by atoms with Crippen molar-refractivity contribution in [1.29, 1.82) is 5.26 Å². The van der Waals surface area contributed by atoms with E-state index in [-0.39, 0.29) is 23.7 Å². The van der Waals surface area contributed by atoms with Crippen LogP contribution in [-0.4, -0.2) is 51.8 Å². The van der Waals surface area contributed by atoms with Crippen molar-refractivity contribution in [2.75, 3.05) is 32.5 Å². The molecule has 0 aliphatic rings. The smallest absolute Gasteiger partial charge is 0.319 e. The normalized spacial score (nSPS) is 11.1. The average Bonchev–Trinajstić information content (AvgIpc) is 2.51. The molecule has 0 bridgehead atoms. The molecule has 1 rings (SSSR count). The summed E-state index contributed by atoms with van der Waals surface area (Å²) in [7, 11) is -2.19. The Bertz CT molecular complexity index is 635. The number of rotatable bonds is 7. The van der Waals surface area contributed by atoms with Crippen molar-refractivity contribution in [3.05, 3.63) is 29.8 Å². The van der Waals surface area contributed by atoms with Gasteiger partial charge in [0.05, 0.1) is 35.9 Å². The predicted octanol–water partition coefficient (Wildman–Crippen LogP) is 0.827. The number of nitrogens with zero attached hydrogens (tertiary/aromatic N) is 2. The van der Waals surface area contributed by atoms with E-state index >= 15 is 0 Å². The monoisotopic (exact) mass is 310 g/mol. The number of hydrogen-bond donors (Lipinski definition) is 0. The Morgan fingerprint density at radius 1 is 1.43 bits per heavy atom. The summed E-state index contributed by atoms with van der Waals surface area (Å²) in [6, 6.07) is 7.82. The summed E-state index contributed by atoms with van der Waals surface area (Å²) in [6.45, 7) is 2.67. The molecule has 1 aromatic carbocycles. The molecular formula is C14H18N2O4S. The fourth-order valence-electron chi connectivity index (χ4n) is 1.72. The van der Waals surface area contributed by atoms with Crippen LogP contribution >= 0.6 is 0 Å². The van der Waals surface area contributed by atoms with Crippen LogP contribution in [0.3, 0.4) is 0 Å². The molecule has 114 valence electrons. The van der Waals surface area contributed by atoms with Gasteiger partial charge in [0.25, 0.3) is 0 Å². The highest BCUT2D eigenvalue weighted by Crippen LogP contribution is 2.13. The van der Waals surface area contributed by atoms with Crippen molar-refractivity contribution in [3.63, 3.8) is 0 Å². The molecule has 0 radical (unpaired) electrons. The number of nitriles is 1. The van der Waals surface area contributed by atoms with Crippen LogP contribution in [0.2, 0.25) is 0 Å². The molecule has 1 aromatic rings. The Morgan fingerprint density at radius 2 is 2.14 bits per heavy atom. The standard InChI is InChI=1S/C14H18N2O4S/c1-3-16(11-14(17)20-2)7-8-21(18,19)13-6-4-5-12(9-13)10-15/h4-6,9H,3,7-8,11H2,1-2H3. The SMILES string of the molecule is CCN(CCS(=O)(=O)c1cccc(C#N)c1)CC(=O)OC. The summed E-state index contributed by atoms with van der Waals surface area (Å²) in [5.74, 6) is -0.520. The molecule has 0 fully saturated rings. The number of carbonyl (C=O) groups is 1. The van der Waals surface area contributed by atoms with Gasteiger partial charge in [0.2, 0.25) is 0 Å². The summed E-state index contributed by atoms with van der Waals surface area (Å²) in [5.41, 5.74) is 0.304. The Labute approximate surface area is 124 Å². The summed E-state index contributed by atoms with van der Waals surface area (Å²) in [6.07, 6.45) is 0. The minimum absolute atomic E-state index is 0.0563. The molecule has 21 heavy (non-hydrogen) atoms. The van der Waals surface area contributed by atoms with Crippen molar-refractivity contribution >= 4 is 15.8 Å². The van der Waals surface area contributed by atoms with Crippen LogP contribution in [0.1, 0.15) is 12.5 Å². The molecule has 0 saturated heterocycles. The first-order valence-corrected chi connectivity index (χ1v) is 8.10. The maximum Gasteiger partial charge on any atom is 0.319 e. The Morgan fingerprint density at radius 3 is 2.71 bits per heavy atom. The van der Waals surface area contributed by atoms with Crippen molar-refractivity contribution in [2.45, 2.75) is 11.8 Å². The molecule has 0 N–H and O–H groups in total. The molecule has 0 atom stereocenters. The average molecular weight is 310 g/mol. The van der Waals surface area contributed by atoms with Gasteiger partial charge in [-0.3, -0.25) is 9.69 Å². The predicted molar refractivity (Wildman–Crippen MR) is 77.3 cm³/mol. The molecule has 6 nitrogen and oxygen atoms in total. The number of carbonyl (C=O) groups excluding carboxylic acids is 1. The zero-order valence-corrected chi connectivity index (χ0v) is 12.9. The first-order chi connectivity index (χ1) is 9.92. The number of benzene rings is 1. The number of likely N-dealkylation sites (N-methyl/N-ethyl adjacent to an activating group) is 1.